The number of hydrogen-bond acceptors (Lipinski definition) is 5. The second-order valence-corrected chi connectivity index (χ2v) is 7.06. The van der Waals surface area contributed by atoms with Crippen molar-refractivity contribution in [3.8, 4) is 0 Å². The SMILES string of the molecule is COC(=O)c1ccc(S(=O)(=O)NC(CN)C2CC2)cc1Cl.Cl. The van der Waals surface area contributed by atoms with Crippen LogP contribution < -0.4 is 10.5 Å². The summed E-state index contributed by atoms with van der Waals surface area (Å²) in [6.45, 7) is 0.248. The molecule has 6 nitrogen and oxygen atoms in total. The molecule has 1 aromatic rings. The van der Waals surface area contributed by atoms with Crippen LogP contribution in [0.4, 0.5) is 0 Å². The van der Waals surface area contributed by atoms with Gasteiger partial charge in [-0.1, -0.05) is 11.6 Å². The monoisotopic (exact) mass is 368 g/mol. The first-order chi connectivity index (χ1) is 9.89. The molecule has 1 fully saturated rings. The molecule has 22 heavy (non-hydrogen) atoms. The van der Waals surface area contributed by atoms with E-state index in [1.807, 2.05) is 0 Å². The lowest BCUT2D eigenvalue weighted by Crippen LogP contribution is -2.41. The average molecular weight is 369 g/mol. The van der Waals surface area contributed by atoms with Gasteiger partial charge in [-0.2, -0.15) is 0 Å². The molecular weight excluding hydrogens is 351 g/mol. The maximum atomic E-state index is 12.3. The normalized spacial score (nSPS) is 15.8. The average Bonchev–Trinajstić information content (AvgIpc) is 3.28. The molecule has 0 saturated heterocycles. The summed E-state index contributed by atoms with van der Waals surface area (Å²) in [6, 6.07) is 3.61. The molecule has 1 unspecified atom stereocenters. The third-order valence-corrected chi connectivity index (χ3v) is 5.21. The summed E-state index contributed by atoms with van der Waals surface area (Å²) >= 11 is 5.94. The van der Waals surface area contributed by atoms with Gasteiger partial charge in [0.2, 0.25) is 10.0 Å². The highest BCUT2D eigenvalue weighted by molar-refractivity contribution is 7.89. The van der Waals surface area contributed by atoms with Crippen LogP contribution in [0.5, 0.6) is 0 Å². The molecule has 2 rings (SSSR count). The van der Waals surface area contributed by atoms with Crippen LogP contribution in [0.2, 0.25) is 5.02 Å². The Hall–Kier alpha value is -0.860. The van der Waals surface area contributed by atoms with Crippen molar-refractivity contribution in [3.63, 3.8) is 0 Å². The summed E-state index contributed by atoms with van der Waals surface area (Å²) in [5.74, 6) is -0.315. The largest absolute Gasteiger partial charge is 0.465 e. The zero-order valence-corrected chi connectivity index (χ0v) is 14.3. The van der Waals surface area contributed by atoms with Crippen LogP contribution in [0.3, 0.4) is 0 Å². The molecular formula is C13H18Cl2N2O4S. The van der Waals surface area contributed by atoms with Crippen LogP contribution in [0, 0.1) is 5.92 Å². The first-order valence-corrected chi connectivity index (χ1v) is 8.35. The van der Waals surface area contributed by atoms with Crippen LogP contribution in [0.25, 0.3) is 0 Å². The number of halogens is 2. The number of ether oxygens (including phenoxy) is 1. The Morgan fingerprint density at radius 3 is 2.59 bits per heavy atom. The van der Waals surface area contributed by atoms with Gasteiger partial charge in [0.05, 0.1) is 22.6 Å². The van der Waals surface area contributed by atoms with Gasteiger partial charge < -0.3 is 10.5 Å². The quantitative estimate of drug-likeness (QED) is 0.742. The fourth-order valence-corrected chi connectivity index (χ4v) is 3.71. The number of nitrogens with one attached hydrogen (secondary N) is 1. The van der Waals surface area contributed by atoms with Gasteiger partial charge in [-0.3, -0.25) is 0 Å². The van der Waals surface area contributed by atoms with Gasteiger partial charge in [-0.25, -0.2) is 17.9 Å². The van der Waals surface area contributed by atoms with Crippen LogP contribution >= 0.6 is 24.0 Å². The summed E-state index contributed by atoms with van der Waals surface area (Å²) < 4.78 is 31.7. The molecule has 1 aliphatic carbocycles. The number of sulfonamides is 1. The lowest BCUT2D eigenvalue weighted by atomic mass is 10.2. The van der Waals surface area contributed by atoms with Crippen LogP contribution in [0.15, 0.2) is 23.1 Å². The minimum atomic E-state index is -3.71. The Morgan fingerprint density at radius 2 is 2.14 bits per heavy atom. The summed E-state index contributed by atoms with van der Waals surface area (Å²) in [6.07, 6.45) is 1.96. The molecule has 0 amide bonds. The Bertz CT molecular complexity index is 647. The van der Waals surface area contributed by atoms with Gasteiger partial charge in [-0.15, -0.1) is 12.4 Å². The molecule has 1 aromatic carbocycles. The minimum Gasteiger partial charge on any atom is -0.465 e. The number of hydrogen-bond donors (Lipinski definition) is 2. The van der Waals surface area contributed by atoms with Crippen LogP contribution in [0.1, 0.15) is 23.2 Å². The number of carbonyl (C=O) groups excluding carboxylic acids is 1. The van der Waals surface area contributed by atoms with Gasteiger partial charge in [0.15, 0.2) is 0 Å². The molecule has 1 saturated carbocycles. The predicted molar refractivity (Wildman–Crippen MR) is 85.9 cm³/mol. The van der Waals surface area contributed by atoms with Gasteiger partial charge >= 0.3 is 5.97 Å². The first-order valence-electron chi connectivity index (χ1n) is 6.49. The number of methoxy groups -OCH3 is 1. The number of rotatable bonds is 6. The second kappa shape index (κ2) is 7.61. The zero-order chi connectivity index (χ0) is 15.6. The van der Waals surface area contributed by atoms with E-state index in [0.29, 0.717) is 5.92 Å². The van der Waals surface area contributed by atoms with E-state index < -0.39 is 16.0 Å². The molecule has 124 valence electrons. The van der Waals surface area contributed by atoms with Crippen molar-refractivity contribution in [1.82, 2.24) is 4.72 Å². The minimum absolute atomic E-state index is 0. The first kappa shape index (κ1) is 19.2. The predicted octanol–water partition coefficient (Wildman–Crippen LogP) is 1.56. The maximum absolute atomic E-state index is 12.3. The number of benzene rings is 1. The van der Waals surface area contributed by atoms with E-state index in [1.54, 1.807) is 0 Å². The summed E-state index contributed by atoms with van der Waals surface area (Å²) in [5.41, 5.74) is 5.72. The third-order valence-electron chi connectivity index (χ3n) is 3.41. The van der Waals surface area contributed by atoms with E-state index in [-0.39, 0.29) is 40.5 Å². The highest BCUT2D eigenvalue weighted by Gasteiger charge is 2.33. The molecule has 0 radical (unpaired) electrons. The highest BCUT2D eigenvalue weighted by Crippen LogP contribution is 2.33. The molecule has 1 aliphatic rings. The fraction of sp³-hybridized carbons (Fsp3) is 0.462. The molecule has 0 aromatic heterocycles. The smallest absolute Gasteiger partial charge is 0.339 e. The Labute approximate surface area is 140 Å². The fourth-order valence-electron chi connectivity index (χ4n) is 2.04. The Morgan fingerprint density at radius 1 is 1.50 bits per heavy atom. The van der Waals surface area contributed by atoms with Crippen molar-refractivity contribution in [2.45, 2.75) is 23.8 Å². The van der Waals surface area contributed by atoms with Crippen molar-refractivity contribution >= 4 is 40.0 Å². The standard InChI is InChI=1S/C13H17ClN2O4S.ClH/c1-20-13(17)10-5-4-9(6-11(10)14)21(18,19)16-12(7-15)8-2-3-8;/h4-6,8,12,16H,2-3,7,15H2,1H3;1H. The van der Waals surface area contributed by atoms with Crippen molar-refractivity contribution < 1.29 is 17.9 Å². The number of nitrogens with two attached hydrogens (primary N) is 1. The topological polar surface area (TPSA) is 98.5 Å². The molecule has 0 bridgehead atoms. The molecule has 3 N–H and O–H groups in total. The van der Waals surface area contributed by atoms with Gasteiger partial charge in [0.1, 0.15) is 0 Å². The molecule has 1 atom stereocenters. The van der Waals surface area contributed by atoms with Crippen molar-refractivity contribution in [2.24, 2.45) is 11.7 Å². The molecule has 0 aliphatic heterocycles. The summed E-state index contributed by atoms with van der Waals surface area (Å²) in [5, 5.41) is 0.0282. The number of carbonyl (C=O) groups is 1. The Balaban J connectivity index is 0.00000242. The highest BCUT2D eigenvalue weighted by atomic mass is 35.5. The van der Waals surface area contributed by atoms with Gasteiger partial charge in [0.25, 0.3) is 0 Å². The number of esters is 1. The maximum Gasteiger partial charge on any atom is 0.339 e. The van der Waals surface area contributed by atoms with E-state index in [9.17, 15) is 13.2 Å². The molecule has 0 heterocycles. The summed E-state index contributed by atoms with van der Waals surface area (Å²) in [7, 11) is -2.49. The van der Waals surface area contributed by atoms with E-state index in [0.717, 1.165) is 12.8 Å². The third kappa shape index (κ3) is 4.33. The Kier molecular flexibility index (Phi) is 6.64. The van der Waals surface area contributed by atoms with Crippen LogP contribution in [-0.4, -0.2) is 34.1 Å². The van der Waals surface area contributed by atoms with E-state index in [1.165, 1.54) is 25.3 Å². The van der Waals surface area contributed by atoms with Gasteiger partial charge in [0, 0.05) is 12.6 Å². The lowest BCUT2D eigenvalue weighted by molar-refractivity contribution is 0.0601. The van der Waals surface area contributed by atoms with Crippen molar-refractivity contribution in [1.29, 1.82) is 0 Å². The van der Waals surface area contributed by atoms with E-state index in [2.05, 4.69) is 9.46 Å². The zero-order valence-electron chi connectivity index (χ0n) is 11.9. The van der Waals surface area contributed by atoms with E-state index in [4.69, 9.17) is 17.3 Å². The van der Waals surface area contributed by atoms with Crippen LogP contribution in [-0.2, 0) is 14.8 Å². The van der Waals surface area contributed by atoms with Gasteiger partial charge in [-0.05, 0) is 37.0 Å². The second-order valence-electron chi connectivity index (χ2n) is 4.93. The van der Waals surface area contributed by atoms with E-state index >= 15 is 0 Å². The van der Waals surface area contributed by atoms with Crippen molar-refractivity contribution in [3.05, 3.63) is 28.8 Å². The molecule has 0 spiro atoms. The molecule has 9 heteroatoms. The summed E-state index contributed by atoms with van der Waals surface area (Å²) in [4.78, 5) is 11.4. The van der Waals surface area contributed by atoms with Crippen molar-refractivity contribution in [2.75, 3.05) is 13.7 Å². The lowest BCUT2D eigenvalue weighted by Gasteiger charge is -2.16.